The van der Waals surface area contributed by atoms with Crippen LogP contribution >= 0.6 is 0 Å². The van der Waals surface area contributed by atoms with Crippen molar-refractivity contribution < 1.29 is 0 Å². The van der Waals surface area contributed by atoms with Gasteiger partial charge in [-0.1, -0.05) is 145 Å². The van der Waals surface area contributed by atoms with Gasteiger partial charge in [0.05, 0.1) is 38.9 Å². The first-order valence-electron chi connectivity index (χ1n) is 19.3. The minimum absolute atomic E-state index is 0.611. The van der Waals surface area contributed by atoms with E-state index >= 15 is 0 Å². The lowest BCUT2D eigenvalue weighted by Crippen LogP contribution is -2.19. The van der Waals surface area contributed by atoms with Crippen molar-refractivity contribution in [2.24, 2.45) is 9.98 Å². The van der Waals surface area contributed by atoms with E-state index in [9.17, 15) is 0 Å². The van der Waals surface area contributed by atoms with E-state index in [4.69, 9.17) is 15.3 Å². The van der Waals surface area contributed by atoms with Crippen LogP contribution < -0.4 is 0 Å². The Labute approximate surface area is 327 Å². The highest BCUT2D eigenvalue weighted by Gasteiger charge is 2.26. The fourth-order valence-electron chi connectivity index (χ4n) is 9.04. The summed E-state index contributed by atoms with van der Waals surface area (Å²) < 4.78 is 7.21. The molecule has 0 aliphatic carbocycles. The van der Waals surface area contributed by atoms with Crippen LogP contribution in [-0.4, -0.2) is 25.4 Å². The standard InChI is InChI=1S/C51H33N6/c1-5-17-33(18-6-1)49-52-50(34-19-7-2-8-20-34)54-51(53-49)57-41-27-15-13-25-37(41)38-29-31-44-46(47(38)57)40-30-32-43-45(48(40)56(44)36-23-11-4-12-24-36)39-26-14-16-28-42(39)55(43)35-21-9-3-10-22-35/h1-32,51H/q-1. The summed E-state index contributed by atoms with van der Waals surface area (Å²) in [6.07, 6.45) is -0.611. The van der Waals surface area contributed by atoms with Crippen molar-refractivity contribution in [1.82, 2.24) is 13.7 Å². The van der Waals surface area contributed by atoms with Crippen LogP contribution in [0, 0.1) is 0 Å². The maximum absolute atomic E-state index is 5.37. The molecule has 0 saturated heterocycles. The molecule has 12 rings (SSSR count). The summed E-state index contributed by atoms with van der Waals surface area (Å²) >= 11 is 0. The average Bonchev–Trinajstić information content (AvgIpc) is 3.93. The van der Waals surface area contributed by atoms with Gasteiger partial charge in [0.2, 0.25) is 0 Å². The van der Waals surface area contributed by atoms with Gasteiger partial charge in [0.25, 0.3) is 0 Å². The molecule has 1 aliphatic heterocycles. The summed E-state index contributed by atoms with van der Waals surface area (Å²) in [4.78, 5) is 10.4. The number of para-hydroxylation sites is 4. The van der Waals surface area contributed by atoms with E-state index < -0.39 is 6.29 Å². The van der Waals surface area contributed by atoms with Gasteiger partial charge in [-0.15, -0.1) is 0 Å². The van der Waals surface area contributed by atoms with Gasteiger partial charge in [-0.2, -0.15) is 0 Å². The number of rotatable bonds is 5. The summed E-state index contributed by atoms with van der Waals surface area (Å²) in [5.41, 5.74) is 10.9. The van der Waals surface area contributed by atoms with Gasteiger partial charge in [0.15, 0.2) is 0 Å². The second-order valence-electron chi connectivity index (χ2n) is 14.6. The average molecular weight is 730 g/mol. The van der Waals surface area contributed by atoms with Crippen molar-refractivity contribution >= 4 is 77.1 Å². The number of nitrogens with zero attached hydrogens (tertiary/aromatic N) is 6. The molecule has 0 bridgehead atoms. The number of aromatic nitrogens is 3. The molecule has 0 spiro atoms. The molecule has 0 saturated carbocycles. The van der Waals surface area contributed by atoms with Crippen LogP contribution in [0.1, 0.15) is 17.4 Å². The highest BCUT2D eigenvalue weighted by Crippen LogP contribution is 2.47. The smallest absolute Gasteiger partial charge is 0.135 e. The lowest BCUT2D eigenvalue weighted by atomic mass is 10.1. The van der Waals surface area contributed by atoms with Crippen molar-refractivity contribution in [2.75, 3.05) is 0 Å². The predicted octanol–water partition coefficient (Wildman–Crippen LogP) is 12.7. The Kier molecular flexibility index (Phi) is 6.89. The van der Waals surface area contributed by atoms with Gasteiger partial charge in [-0.3, -0.25) is 4.99 Å². The van der Waals surface area contributed by atoms with Crippen molar-refractivity contribution in [3.05, 3.63) is 211 Å². The summed E-state index contributed by atoms with van der Waals surface area (Å²) in [5, 5.41) is 12.4. The summed E-state index contributed by atoms with van der Waals surface area (Å²) in [6.45, 7) is 0. The molecular weight excluding hydrogens is 697 g/mol. The Morgan fingerprint density at radius 3 is 1.61 bits per heavy atom. The molecule has 1 atom stereocenters. The molecule has 0 N–H and O–H groups in total. The SMILES string of the molecule is c1ccc(C2=NC(n3c4ccccc4c4ccc5c(c6ccc7c(c8ccccc8n7-c7ccccc7)c6n5-c5ccccc5)c43)[N-]C(c3ccccc3)=N2)cc1. The number of hydrogen-bond acceptors (Lipinski definition) is 2. The first-order valence-corrected chi connectivity index (χ1v) is 19.3. The molecule has 8 aromatic carbocycles. The third kappa shape index (κ3) is 4.71. The third-order valence-electron chi connectivity index (χ3n) is 11.4. The van der Waals surface area contributed by atoms with Crippen LogP contribution in [0.4, 0.5) is 0 Å². The molecule has 3 aromatic heterocycles. The minimum atomic E-state index is -0.611. The zero-order chi connectivity index (χ0) is 37.5. The van der Waals surface area contributed by atoms with E-state index in [1.165, 1.54) is 27.2 Å². The van der Waals surface area contributed by atoms with E-state index in [0.717, 1.165) is 60.7 Å². The van der Waals surface area contributed by atoms with Gasteiger partial charge < -0.3 is 24.0 Å². The Morgan fingerprint density at radius 2 is 0.912 bits per heavy atom. The minimum Gasteiger partial charge on any atom is -0.424 e. The molecular formula is C51H33N6-. The highest BCUT2D eigenvalue weighted by atomic mass is 15.3. The van der Waals surface area contributed by atoms with E-state index in [-0.39, 0.29) is 0 Å². The Balaban J connectivity index is 1.24. The molecule has 0 fully saturated rings. The lowest BCUT2D eigenvalue weighted by molar-refractivity contribution is 0.660. The van der Waals surface area contributed by atoms with Gasteiger partial charge >= 0.3 is 0 Å². The lowest BCUT2D eigenvalue weighted by Gasteiger charge is -2.34. The summed E-state index contributed by atoms with van der Waals surface area (Å²) in [5.74, 6) is 1.32. The molecule has 0 radical (unpaired) electrons. The van der Waals surface area contributed by atoms with E-state index in [0.29, 0.717) is 11.7 Å². The fourth-order valence-corrected chi connectivity index (χ4v) is 9.04. The summed E-state index contributed by atoms with van der Waals surface area (Å²) in [6, 6.07) is 68.6. The van der Waals surface area contributed by atoms with Crippen LogP contribution in [-0.2, 0) is 0 Å². The highest BCUT2D eigenvalue weighted by molar-refractivity contribution is 6.32. The second-order valence-corrected chi connectivity index (χ2v) is 14.6. The fraction of sp³-hybridized carbons (Fsp3) is 0.0196. The Bertz CT molecular complexity index is 3410. The topological polar surface area (TPSA) is 53.6 Å². The summed E-state index contributed by atoms with van der Waals surface area (Å²) in [7, 11) is 0. The molecule has 0 amide bonds. The van der Waals surface area contributed by atoms with Crippen molar-refractivity contribution in [3.63, 3.8) is 0 Å². The third-order valence-corrected chi connectivity index (χ3v) is 11.4. The first kappa shape index (κ1) is 31.6. The zero-order valence-electron chi connectivity index (χ0n) is 30.7. The number of aliphatic imine (C=N–C) groups is 2. The van der Waals surface area contributed by atoms with Crippen LogP contribution in [0.15, 0.2) is 204 Å². The monoisotopic (exact) mass is 729 g/mol. The molecule has 6 heteroatoms. The van der Waals surface area contributed by atoms with Gasteiger partial charge in [-0.05, 0) is 65.7 Å². The van der Waals surface area contributed by atoms with Gasteiger partial charge in [0, 0.05) is 43.7 Å². The van der Waals surface area contributed by atoms with E-state index in [1.807, 2.05) is 36.4 Å². The van der Waals surface area contributed by atoms with Gasteiger partial charge in [0.1, 0.15) is 6.29 Å². The van der Waals surface area contributed by atoms with Crippen LogP contribution in [0.5, 0.6) is 0 Å². The largest absolute Gasteiger partial charge is 0.424 e. The normalized spacial score (nSPS) is 14.5. The van der Waals surface area contributed by atoms with Gasteiger partial charge in [-0.25, -0.2) is 0 Å². The van der Waals surface area contributed by atoms with E-state index in [2.05, 4.69) is 171 Å². The van der Waals surface area contributed by atoms with Crippen molar-refractivity contribution in [3.8, 4) is 11.4 Å². The zero-order valence-corrected chi connectivity index (χ0v) is 30.7. The Morgan fingerprint density at radius 1 is 0.386 bits per heavy atom. The predicted molar refractivity (Wildman–Crippen MR) is 236 cm³/mol. The molecule has 268 valence electrons. The molecule has 6 nitrogen and oxygen atoms in total. The maximum atomic E-state index is 5.37. The Hall–Kier alpha value is -7.70. The molecule has 57 heavy (non-hydrogen) atoms. The van der Waals surface area contributed by atoms with Crippen molar-refractivity contribution in [1.29, 1.82) is 0 Å². The van der Waals surface area contributed by atoms with E-state index in [1.54, 1.807) is 0 Å². The molecule has 4 heterocycles. The quantitative estimate of drug-likeness (QED) is 0.169. The second kappa shape index (κ2) is 12.4. The molecule has 1 unspecified atom stereocenters. The number of amidine groups is 2. The van der Waals surface area contributed by atoms with Crippen LogP contribution in [0.3, 0.4) is 0 Å². The number of hydrogen-bond donors (Lipinski definition) is 0. The van der Waals surface area contributed by atoms with Crippen molar-refractivity contribution in [2.45, 2.75) is 6.29 Å². The van der Waals surface area contributed by atoms with Crippen LogP contribution in [0.2, 0.25) is 0 Å². The number of benzene rings is 8. The maximum Gasteiger partial charge on any atom is 0.135 e. The van der Waals surface area contributed by atoms with Crippen LogP contribution in [0.25, 0.3) is 82.1 Å². The molecule has 11 aromatic rings. The first-order chi connectivity index (χ1) is 28.3. The molecule has 1 aliphatic rings. The number of fused-ring (bicyclic) bond motifs is 11.